The number of amides is 1. The molecule has 2 N–H and O–H groups in total. The number of rotatable bonds is 4. The number of hydrogen-bond donors (Lipinski definition) is 2. The molecule has 0 radical (unpaired) electrons. The summed E-state index contributed by atoms with van der Waals surface area (Å²) in [5, 5.41) is 7.79. The van der Waals surface area contributed by atoms with E-state index in [1.54, 1.807) is 11.3 Å². The van der Waals surface area contributed by atoms with Crippen LogP contribution in [0.2, 0.25) is 0 Å². The zero-order valence-electron chi connectivity index (χ0n) is 13.1. The standard InChI is InChI=1S/C16H25N3OS/c1-10-9-17-15(21-10)16(2,3)19-14(20)8-11-6-12-4-5-13(7-11)18-12/h9,11-13,18H,4-8H2,1-3H3,(H,19,20). The van der Waals surface area contributed by atoms with E-state index in [1.807, 2.05) is 27.0 Å². The van der Waals surface area contributed by atoms with Crippen molar-refractivity contribution in [3.8, 4) is 0 Å². The molecule has 2 saturated heterocycles. The summed E-state index contributed by atoms with van der Waals surface area (Å²) >= 11 is 1.66. The number of aromatic nitrogens is 1. The molecule has 116 valence electrons. The van der Waals surface area contributed by atoms with Gasteiger partial charge >= 0.3 is 0 Å². The monoisotopic (exact) mass is 307 g/mol. The van der Waals surface area contributed by atoms with Gasteiger partial charge in [-0.3, -0.25) is 4.79 Å². The number of carbonyl (C=O) groups is 1. The smallest absolute Gasteiger partial charge is 0.221 e. The maximum Gasteiger partial charge on any atom is 0.221 e. The second-order valence-electron chi connectivity index (χ2n) is 7.13. The molecule has 3 heterocycles. The Morgan fingerprint density at radius 1 is 1.43 bits per heavy atom. The van der Waals surface area contributed by atoms with Crippen molar-refractivity contribution in [3.63, 3.8) is 0 Å². The number of nitrogens with zero attached hydrogens (tertiary/aromatic N) is 1. The fraction of sp³-hybridized carbons (Fsp3) is 0.750. The largest absolute Gasteiger partial charge is 0.345 e. The number of hydrogen-bond acceptors (Lipinski definition) is 4. The third kappa shape index (κ3) is 3.46. The first kappa shape index (κ1) is 15.0. The van der Waals surface area contributed by atoms with Crippen LogP contribution in [0.4, 0.5) is 0 Å². The Balaban J connectivity index is 1.56. The van der Waals surface area contributed by atoms with E-state index in [2.05, 4.69) is 15.6 Å². The predicted molar refractivity (Wildman–Crippen MR) is 85.3 cm³/mol. The number of nitrogens with one attached hydrogen (secondary N) is 2. The highest BCUT2D eigenvalue weighted by Crippen LogP contribution is 2.33. The van der Waals surface area contributed by atoms with Crippen LogP contribution in [0.3, 0.4) is 0 Å². The molecule has 0 aromatic carbocycles. The molecule has 2 bridgehead atoms. The van der Waals surface area contributed by atoms with Crippen LogP contribution in [0.25, 0.3) is 0 Å². The van der Waals surface area contributed by atoms with Crippen LogP contribution in [0, 0.1) is 12.8 Å². The summed E-state index contributed by atoms with van der Waals surface area (Å²) in [6.07, 6.45) is 7.40. The minimum absolute atomic E-state index is 0.166. The van der Waals surface area contributed by atoms with Gasteiger partial charge in [-0.2, -0.15) is 0 Å². The summed E-state index contributed by atoms with van der Waals surface area (Å²) < 4.78 is 0. The fourth-order valence-corrected chi connectivity index (χ4v) is 4.52. The van der Waals surface area contributed by atoms with Crippen LogP contribution < -0.4 is 10.6 Å². The van der Waals surface area contributed by atoms with E-state index in [-0.39, 0.29) is 11.4 Å². The molecule has 2 atom stereocenters. The summed E-state index contributed by atoms with van der Waals surface area (Å²) in [5.74, 6) is 0.705. The Bertz CT molecular complexity index is 513. The first-order chi connectivity index (χ1) is 9.92. The summed E-state index contributed by atoms with van der Waals surface area (Å²) in [6, 6.07) is 1.30. The van der Waals surface area contributed by atoms with Crippen molar-refractivity contribution in [1.82, 2.24) is 15.6 Å². The van der Waals surface area contributed by atoms with E-state index in [0.29, 0.717) is 24.4 Å². The Morgan fingerprint density at radius 2 is 2.10 bits per heavy atom. The molecule has 2 fully saturated rings. The lowest BCUT2D eigenvalue weighted by Gasteiger charge is -2.30. The molecule has 5 heteroatoms. The SMILES string of the molecule is Cc1cnc(C(C)(C)NC(=O)CC2CC3CCC(C2)N3)s1. The summed E-state index contributed by atoms with van der Waals surface area (Å²) in [7, 11) is 0. The normalized spacial score (nSPS) is 28.6. The average molecular weight is 307 g/mol. The van der Waals surface area contributed by atoms with Crippen LogP contribution in [0.5, 0.6) is 0 Å². The highest BCUT2D eigenvalue weighted by Gasteiger charge is 2.35. The van der Waals surface area contributed by atoms with Gasteiger partial charge in [0.2, 0.25) is 5.91 Å². The molecule has 21 heavy (non-hydrogen) atoms. The van der Waals surface area contributed by atoms with Crippen molar-refractivity contribution in [2.75, 3.05) is 0 Å². The topological polar surface area (TPSA) is 54.0 Å². The van der Waals surface area contributed by atoms with Gasteiger partial charge in [0.25, 0.3) is 0 Å². The van der Waals surface area contributed by atoms with Gasteiger partial charge in [-0.1, -0.05) is 0 Å². The van der Waals surface area contributed by atoms with Crippen LogP contribution in [-0.2, 0) is 10.3 Å². The second kappa shape index (κ2) is 5.69. The summed E-state index contributed by atoms with van der Waals surface area (Å²) in [6.45, 7) is 6.12. The Kier molecular flexibility index (Phi) is 4.06. The number of piperidine rings is 1. The molecule has 1 amide bonds. The number of carbonyl (C=O) groups excluding carboxylic acids is 1. The van der Waals surface area contributed by atoms with Gasteiger partial charge in [0.1, 0.15) is 5.01 Å². The average Bonchev–Trinajstić information content (AvgIpc) is 2.95. The second-order valence-corrected chi connectivity index (χ2v) is 8.36. The lowest BCUT2D eigenvalue weighted by atomic mass is 9.89. The molecule has 2 aliphatic heterocycles. The first-order valence-electron chi connectivity index (χ1n) is 7.92. The zero-order valence-corrected chi connectivity index (χ0v) is 13.9. The molecule has 0 saturated carbocycles. The quantitative estimate of drug-likeness (QED) is 0.899. The van der Waals surface area contributed by atoms with Crippen molar-refractivity contribution >= 4 is 17.2 Å². The van der Waals surface area contributed by atoms with E-state index >= 15 is 0 Å². The van der Waals surface area contributed by atoms with Gasteiger partial charge in [0, 0.05) is 29.6 Å². The molecular formula is C16H25N3OS. The van der Waals surface area contributed by atoms with Crippen molar-refractivity contribution in [3.05, 3.63) is 16.1 Å². The molecule has 2 unspecified atom stereocenters. The van der Waals surface area contributed by atoms with E-state index < -0.39 is 0 Å². The van der Waals surface area contributed by atoms with Crippen LogP contribution in [0.15, 0.2) is 6.20 Å². The summed E-state index contributed by atoms with van der Waals surface area (Å²) in [4.78, 5) is 18.0. The number of aryl methyl sites for hydroxylation is 1. The molecule has 1 aromatic heterocycles. The molecule has 3 rings (SSSR count). The van der Waals surface area contributed by atoms with Gasteiger partial charge in [-0.15, -0.1) is 11.3 Å². The molecule has 0 aliphatic carbocycles. The Labute approximate surface area is 130 Å². The zero-order chi connectivity index (χ0) is 15.0. The number of thiazole rings is 1. The van der Waals surface area contributed by atoms with E-state index in [1.165, 1.54) is 17.7 Å². The van der Waals surface area contributed by atoms with E-state index in [4.69, 9.17) is 0 Å². The van der Waals surface area contributed by atoms with E-state index in [9.17, 15) is 4.79 Å². The van der Waals surface area contributed by atoms with Crippen molar-refractivity contribution in [2.24, 2.45) is 5.92 Å². The van der Waals surface area contributed by atoms with Crippen LogP contribution in [0.1, 0.15) is 55.8 Å². The third-order valence-corrected chi connectivity index (χ3v) is 5.89. The third-order valence-electron chi connectivity index (χ3n) is 4.65. The van der Waals surface area contributed by atoms with Gasteiger partial charge < -0.3 is 10.6 Å². The van der Waals surface area contributed by atoms with Crippen LogP contribution >= 0.6 is 11.3 Å². The minimum atomic E-state index is -0.373. The lowest BCUT2D eigenvalue weighted by Crippen LogP contribution is -2.44. The Hall–Kier alpha value is -0.940. The maximum atomic E-state index is 12.4. The van der Waals surface area contributed by atoms with Crippen LogP contribution in [-0.4, -0.2) is 23.0 Å². The van der Waals surface area contributed by atoms with Gasteiger partial charge in [0.05, 0.1) is 5.54 Å². The predicted octanol–water partition coefficient (Wildman–Crippen LogP) is 2.72. The highest BCUT2D eigenvalue weighted by molar-refractivity contribution is 7.11. The van der Waals surface area contributed by atoms with E-state index in [0.717, 1.165) is 17.8 Å². The van der Waals surface area contributed by atoms with Gasteiger partial charge in [-0.25, -0.2) is 4.98 Å². The van der Waals surface area contributed by atoms with Crippen molar-refractivity contribution in [1.29, 1.82) is 0 Å². The first-order valence-corrected chi connectivity index (χ1v) is 8.74. The van der Waals surface area contributed by atoms with Crippen molar-refractivity contribution in [2.45, 2.75) is 70.5 Å². The number of fused-ring (bicyclic) bond motifs is 2. The molecule has 1 aromatic rings. The molecule has 0 spiro atoms. The van der Waals surface area contributed by atoms with Crippen molar-refractivity contribution < 1.29 is 4.79 Å². The molecular weight excluding hydrogens is 282 g/mol. The highest BCUT2D eigenvalue weighted by atomic mass is 32.1. The van der Waals surface area contributed by atoms with Gasteiger partial charge in [-0.05, 0) is 52.4 Å². The molecule has 4 nitrogen and oxygen atoms in total. The van der Waals surface area contributed by atoms with Gasteiger partial charge in [0.15, 0.2) is 0 Å². The maximum absolute atomic E-state index is 12.4. The molecule has 2 aliphatic rings. The fourth-order valence-electron chi connectivity index (χ4n) is 3.70. The summed E-state index contributed by atoms with van der Waals surface area (Å²) in [5.41, 5.74) is -0.373. The Morgan fingerprint density at radius 3 is 2.67 bits per heavy atom. The lowest BCUT2D eigenvalue weighted by molar-refractivity contribution is -0.124. The minimum Gasteiger partial charge on any atom is -0.345 e.